The number of nitrogens with zero attached hydrogens (tertiary/aromatic N) is 1. The van der Waals surface area contributed by atoms with E-state index in [4.69, 9.17) is 0 Å². The summed E-state index contributed by atoms with van der Waals surface area (Å²) in [5.41, 5.74) is 1.46. The molecule has 2 fully saturated rings. The summed E-state index contributed by atoms with van der Waals surface area (Å²) in [5.74, 6) is 0.528. The number of hydrogen-bond donors (Lipinski definition) is 1. The molecule has 1 aliphatic heterocycles. The van der Waals surface area contributed by atoms with E-state index in [1.165, 1.54) is 31.4 Å². The minimum atomic E-state index is -0.491. The Kier molecular flexibility index (Phi) is 6.72. The molecule has 1 N–H and O–H groups in total. The number of amides is 2. The van der Waals surface area contributed by atoms with Crippen molar-refractivity contribution in [3.8, 4) is 0 Å². The van der Waals surface area contributed by atoms with E-state index in [9.17, 15) is 14.0 Å². The summed E-state index contributed by atoms with van der Waals surface area (Å²) in [7, 11) is 0. The van der Waals surface area contributed by atoms with E-state index in [0.717, 1.165) is 18.4 Å². The maximum Gasteiger partial charge on any atom is 0.255 e. The zero-order chi connectivity index (χ0) is 20.9. The number of carbonyl (C=O) groups excluding carboxylic acids is 2. The average Bonchev–Trinajstić information content (AvgIpc) is 3.24. The maximum atomic E-state index is 13.4. The fourth-order valence-electron chi connectivity index (χ4n) is 4.41. The van der Waals surface area contributed by atoms with Crippen LogP contribution in [0.25, 0.3) is 0 Å². The number of rotatable bonds is 5. The summed E-state index contributed by atoms with van der Waals surface area (Å²) in [6.45, 7) is 0.321. The highest BCUT2D eigenvalue weighted by atomic mass is 32.2. The van der Waals surface area contributed by atoms with Gasteiger partial charge in [-0.25, -0.2) is 4.39 Å². The molecule has 4 nitrogen and oxygen atoms in total. The molecule has 2 amide bonds. The monoisotopic (exact) mass is 426 g/mol. The Hall–Kier alpha value is -2.34. The Morgan fingerprint density at radius 2 is 1.70 bits per heavy atom. The van der Waals surface area contributed by atoms with E-state index in [-0.39, 0.29) is 23.0 Å². The molecular formula is C24H27FN2O2S. The molecule has 1 aliphatic carbocycles. The van der Waals surface area contributed by atoms with E-state index >= 15 is 0 Å². The van der Waals surface area contributed by atoms with Crippen LogP contribution < -0.4 is 5.32 Å². The Labute approximate surface area is 181 Å². The van der Waals surface area contributed by atoms with Gasteiger partial charge in [0.2, 0.25) is 5.91 Å². The van der Waals surface area contributed by atoms with Gasteiger partial charge in [-0.05, 0) is 48.6 Å². The summed E-state index contributed by atoms with van der Waals surface area (Å²) in [5, 5.41) is 2.99. The first kappa shape index (κ1) is 20.9. The van der Waals surface area contributed by atoms with Gasteiger partial charge < -0.3 is 10.2 Å². The van der Waals surface area contributed by atoms with Crippen LogP contribution in [0, 0.1) is 11.7 Å². The third-order valence-electron chi connectivity index (χ3n) is 6.03. The predicted octanol–water partition coefficient (Wildman–Crippen LogP) is 4.61. The molecule has 1 saturated carbocycles. The zero-order valence-corrected chi connectivity index (χ0v) is 17.7. The van der Waals surface area contributed by atoms with Gasteiger partial charge in [-0.2, -0.15) is 0 Å². The van der Waals surface area contributed by atoms with Crippen LogP contribution in [0.1, 0.15) is 48.0 Å². The highest BCUT2D eigenvalue weighted by Crippen LogP contribution is 2.41. The van der Waals surface area contributed by atoms with Crippen LogP contribution in [-0.2, 0) is 11.3 Å². The van der Waals surface area contributed by atoms with Gasteiger partial charge in [-0.15, -0.1) is 11.8 Å². The highest BCUT2D eigenvalue weighted by Gasteiger charge is 2.45. The number of carbonyl (C=O) groups is 2. The molecule has 2 aromatic carbocycles. The molecule has 1 heterocycles. The molecule has 0 spiro atoms. The summed E-state index contributed by atoms with van der Waals surface area (Å²) < 4.78 is 13.1. The maximum absolute atomic E-state index is 13.4. The van der Waals surface area contributed by atoms with Crippen LogP contribution >= 0.6 is 11.8 Å². The van der Waals surface area contributed by atoms with E-state index in [2.05, 4.69) is 5.32 Å². The quantitative estimate of drug-likeness (QED) is 0.760. The lowest BCUT2D eigenvalue weighted by atomic mass is 9.88. The molecule has 2 atom stereocenters. The van der Waals surface area contributed by atoms with Gasteiger partial charge in [-0.1, -0.05) is 49.6 Å². The third-order valence-corrected chi connectivity index (χ3v) is 7.49. The van der Waals surface area contributed by atoms with Crippen molar-refractivity contribution >= 4 is 23.6 Å². The van der Waals surface area contributed by atoms with Crippen molar-refractivity contribution < 1.29 is 14.0 Å². The van der Waals surface area contributed by atoms with E-state index in [0.29, 0.717) is 23.8 Å². The fourth-order valence-corrected chi connectivity index (χ4v) is 6.05. The molecule has 2 aromatic rings. The summed E-state index contributed by atoms with van der Waals surface area (Å²) >= 11 is 1.73. The second kappa shape index (κ2) is 9.65. The third kappa shape index (κ3) is 4.69. The number of benzene rings is 2. The van der Waals surface area contributed by atoms with Gasteiger partial charge in [0.25, 0.3) is 5.91 Å². The normalized spacial score (nSPS) is 22.1. The molecule has 0 radical (unpaired) electrons. The molecule has 6 heteroatoms. The van der Waals surface area contributed by atoms with Crippen molar-refractivity contribution in [2.75, 3.05) is 5.75 Å². The van der Waals surface area contributed by atoms with Crippen molar-refractivity contribution in [2.45, 2.75) is 50.1 Å². The molecular weight excluding hydrogens is 399 g/mol. The Bertz CT molecular complexity index is 869. The molecule has 158 valence electrons. The highest BCUT2D eigenvalue weighted by molar-refractivity contribution is 8.00. The van der Waals surface area contributed by atoms with Crippen molar-refractivity contribution in [3.05, 3.63) is 71.5 Å². The topological polar surface area (TPSA) is 49.4 Å². The van der Waals surface area contributed by atoms with Gasteiger partial charge in [-0.3, -0.25) is 9.59 Å². The van der Waals surface area contributed by atoms with E-state index < -0.39 is 6.04 Å². The van der Waals surface area contributed by atoms with Gasteiger partial charge in [0, 0.05) is 17.9 Å². The van der Waals surface area contributed by atoms with Gasteiger partial charge in [0.05, 0.1) is 5.37 Å². The zero-order valence-electron chi connectivity index (χ0n) is 16.9. The number of thioether (sulfide) groups is 1. The first-order chi connectivity index (χ1) is 14.6. The van der Waals surface area contributed by atoms with E-state index in [1.54, 1.807) is 23.9 Å². The number of halogens is 1. The number of hydrogen-bond acceptors (Lipinski definition) is 3. The standard InChI is InChI=1S/C24H27FN2O2S/c25-20-13-11-17(12-14-20)15-26-22(28)21-16-30-24(19-9-5-2-6-10-19)27(21)23(29)18-7-3-1-4-8-18/h1,3-4,7-8,11-14,19,21,24H,2,5-6,9-10,15-16H2,(H,26,28)/t21-,24-/m1/s1. The van der Waals surface area contributed by atoms with Crippen LogP contribution in [0.4, 0.5) is 4.39 Å². The lowest BCUT2D eigenvalue weighted by Crippen LogP contribution is -2.51. The SMILES string of the molecule is O=C(NCc1ccc(F)cc1)[C@H]1CS[C@H](C2CCCCC2)N1C(=O)c1ccccc1. The molecule has 2 aliphatic rings. The van der Waals surface area contributed by atoms with Crippen molar-refractivity contribution in [1.82, 2.24) is 10.2 Å². The first-order valence-corrected chi connectivity index (χ1v) is 11.7. The van der Waals surface area contributed by atoms with Crippen LogP contribution in [0.2, 0.25) is 0 Å². The molecule has 4 rings (SSSR count). The summed E-state index contributed by atoms with van der Waals surface area (Å²) in [6.07, 6.45) is 5.86. The largest absolute Gasteiger partial charge is 0.350 e. The molecule has 0 unspecified atom stereocenters. The van der Waals surface area contributed by atoms with Gasteiger partial charge in [0.1, 0.15) is 11.9 Å². The minimum Gasteiger partial charge on any atom is -0.350 e. The average molecular weight is 427 g/mol. The van der Waals surface area contributed by atoms with Gasteiger partial charge in [0.15, 0.2) is 0 Å². The Morgan fingerprint density at radius 3 is 2.40 bits per heavy atom. The smallest absolute Gasteiger partial charge is 0.255 e. The van der Waals surface area contributed by atoms with Crippen molar-refractivity contribution in [2.24, 2.45) is 5.92 Å². The summed E-state index contributed by atoms with van der Waals surface area (Å²) in [6, 6.07) is 14.8. The van der Waals surface area contributed by atoms with Crippen molar-refractivity contribution in [1.29, 1.82) is 0 Å². The minimum absolute atomic E-state index is 0.0413. The molecule has 30 heavy (non-hydrogen) atoms. The second-order valence-electron chi connectivity index (χ2n) is 8.06. The van der Waals surface area contributed by atoms with Gasteiger partial charge >= 0.3 is 0 Å². The Morgan fingerprint density at radius 1 is 1.00 bits per heavy atom. The number of nitrogens with one attached hydrogen (secondary N) is 1. The second-order valence-corrected chi connectivity index (χ2v) is 9.21. The van der Waals surface area contributed by atoms with E-state index in [1.807, 2.05) is 35.2 Å². The van der Waals surface area contributed by atoms with Crippen LogP contribution in [0.3, 0.4) is 0 Å². The first-order valence-electron chi connectivity index (χ1n) is 10.6. The molecule has 0 bridgehead atoms. The molecule has 1 saturated heterocycles. The van der Waals surface area contributed by atoms with Crippen LogP contribution in [-0.4, -0.2) is 33.9 Å². The van der Waals surface area contributed by atoms with Crippen LogP contribution in [0.5, 0.6) is 0 Å². The van der Waals surface area contributed by atoms with Crippen LogP contribution in [0.15, 0.2) is 54.6 Å². The lowest BCUT2D eigenvalue weighted by molar-refractivity contribution is -0.125. The fraction of sp³-hybridized carbons (Fsp3) is 0.417. The molecule has 0 aromatic heterocycles. The van der Waals surface area contributed by atoms with Crippen molar-refractivity contribution in [3.63, 3.8) is 0 Å². The predicted molar refractivity (Wildman–Crippen MR) is 117 cm³/mol. The Balaban J connectivity index is 1.51. The summed E-state index contributed by atoms with van der Waals surface area (Å²) in [4.78, 5) is 28.3. The lowest BCUT2D eigenvalue weighted by Gasteiger charge is -2.35.